The number of para-hydroxylation sites is 2. The topological polar surface area (TPSA) is 92.7 Å². The molecule has 1 aliphatic heterocycles. The molecule has 194 valence electrons. The predicted molar refractivity (Wildman–Crippen MR) is 144 cm³/mol. The second-order valence-corrected chi connectivity index (χ2v) is 9.25. The standard InChI is InChI=1S/C27H30N4O5S/c1-34-15-14-30(27(33)28-21-7-4-5-8-24(21)36-3)18-26(32)31-23(19-10-12-20(35-2)13-11-19)17-22(29-31)25-9-6-16-37-25/h4-13,16,23H,14-15,17-18H2,1-3H3,(H,28,33). The van der Waals surface area contributed by atoms with Crippen molar-refractivity contribution in [2.45, 2.75) is 12.5 Å². The molecule has 2 aromatic carbocycles. The summed E-state index contributed by atoms with van der Waals surface area (Å²) in [5, 5.41) is 11.0. The number of carbonyl (C=O) groups excluding carboxylic acids is 2. The van der Waals surface area contributed by atoms with Gasteiger partial charge in [0.25, 0.3) is 5.91 Å². The molecule has 37 heavy (non-hydrogen) atoms. The van der Waals surface area contributed by atoms with Crippen molar-refractivity contribution in [3.63, 3.8) is 0 Å². The molecular formula is C27H30N4O5S. The Bertz CT molecular complexity index is 1230. The zero-order valence-corrected chi connectivity index (χ0v) is 21.9. The summed E-state index contributed by atoms with van der Waals surface area (Å²) >= 11 is 1.58. The van der Waals surface area contributed by atoms with Crippen molar-refractivity contribution in [1.82, 2.24) is 9.91 Å². The summed E-state index contributed by atoms with van der Waals surface area (Å²) in [6.07, 6.45) is 0.573. The van der Waals surface area contributed by atoms with Crippen molar-refractivity contribution in [3.05, 3.63) is 76.5 Å². The van der Waals surface area contributed by atoms with Gasteiger partial charge in [-0.05, 0) is 41.3 Å². The van der Waals surface area contributed by atoms with Gasteiger partial charge < -0.3 is 24.4 Å². The van der Waals surface area contributed by atoms with Crippen LogP contribution < -0.4 is 14.8 Å². The van der Waals surface area contributed by atoms with Gasteiger partial charge in [-0.15, -0.1) is 11.3 Å². The highest BCUT2D eigenvalue weighted by atomic mass is 32.1. The predicted octanol–water partition coefficient (Wildman–Crippen LogP) is 4.62. The summed E-state index contributed by atoms with van der Waals surface area (Å²) in [6, 6.07) is 18.0. The molecule has 0 spiro atoms. The second-order valence-electron chi connectivity index (χ2n) is 8.30. The van der Waals surface area contributed by atoms with Crippen LogP contribution in [-0.2, 0) is 9.53 Å². The van der Waals surface area contributed by atoms with Crippen LogP contribution in [0.15, 0.2) is 71.1 Å². The van der Waals surface area contributed by atoms with Crippen LogP contribution in [-0.4, -0.2) is 68.6 Å². The minimum absolute atomic E-state index is 0.168. The number of hydrogen-bond acceptors (Lipinski definition) is 7. The number of ether oxygens (including phenoxy) is 3. The summed E-state index contributed by atoms with van der Waals surface area (Å²) in [5.41, 5.74) is 2.29. The van der Waals surface area contributed by atoms with Crippen molar-refractivity contribution in [3.8, 4) is 11.5 Å². The van der Waals surface area contributed by atoms with Crippen molar-refractivity contribution in [2.24, 2.45) is 5.10 Å². The van der Waals surface area contributed by atoms with E-state index in [4.69, 9.17) is 19.3 Å². The average Bonchev–Trinajstić information content (AvgIpc) is 3.62. The Morgan fingerprint density at radius 2 is 1.84 bits per heavy atom. The number of methoxy groups -OCH3 is 3. The Morgan fingerprint density at radius 1 is 1.05 bits per heavy atom. The Morgan fingerprint density at radius 3 is 2.51 bits per heavy atom. The van der Waals surface area contributed by atoms with Crippen LogP contribution in [0.1, 0.15) is 22.9 Å². The SMILES string of the molecule is COCCN(CC(=O)N1N=C(c2cccs2)CC1c1ccc(OC)cc1)C(=O)Nc1ccccc1OC. The summed E-state index contributed by atoms with van der Waals surface area (Å²) in [7, 11) is 4.70. The van der Waals surface area contributed by atoms with Crippen molar-refractivity contribution in [2.75, 3.05) is 46.3 Å². The lowest BCUT2D eigenvalue weighted by molar-refractivity contribution is -0.133. The quantitative estimate of drug-likeness (QED) is 0.419. The van der Waals surface area contributed by atoms with E-state index in [2.05, 4.69) is 5.32 Å². The van der Waals surface area contributed by atoms with E-state index in [1.807, 2.05) is 47.8 Å². The molecule has 0 saturated carbocycles. The van der Waals surface area contributed by atoms with Gasteiger partial charge in [-0.25, -0.2) is 9.80 Å². The smallest absolute Gasteiger partial charge is 0.322 e. The molecule has 2 heterocycles. The van der Waals surface area contributed by atoms with Gasteiger partial charge in [0.1, 0.15) is 18.0 Å². The normalized spacial score (nSPS) is 14.7. The van der Waals surface area contributed by atoms with Gasteiger partial charge in [0.05, 0.1) is 43.1 Å². The first-order valence-electron chi connectivity index (χ1n) is 11.8. The average molecular weight is 523 g/mol. The van der Waals surface area contributed by atoms with Crippen LogP contribution in [0.25, 0.3) is 0 Å². The molecule has 1 atom stereocenters. The Hall–Kier alpha value is -3.89. The number of hydrazone groups is 1. The lowest BCUT2D eigenvalue weighted by atomic mass is 10.0. The van der Waals surface area contributed by atoms with Crippen LogP contribution in [0.5, 0.6) is 11.5 Å². The summed E-state index contributed by atoms with van der Waals surface area (Å²) in [6.45, 7) is 0.336. The van der Waals surface area contributed by atoms with Gasteiger partial charge in [-0.3, -0.25) is 4.79 Å². The number of nitrogens with one attached hydrogen (secondary N) is 1. The maximum absolute atomic E-state index is 13.6. The van der Waals surface area contributed by atoms with Gasteiger partial charge in [0.2, 0.25) is 0 Å². The van der Waals surface area contributed by atoms with E-state index in [1.165, 1.54) is 17.0 Å². The zero-order chi connectivity index (χ0) is 26.2. The number of nitrogens with zero attached hydrogens (tertiary/aromatic N) is 3. The number of amides is 3. The third-order valence-corrected chi connectivity index (χ3v) is 6.92. The Kier molecular flexibility index (Phi) is 8.76. The van der Waals surface area contributed by atoms with E-state index >= 15 is 0 Å². The molecule has 0 radical (unpaired) electrons. The third-order valence-electron chi connectivity index (χ3n) is 6.00. The lowest BCUT2D eigenvalue weighted by Crippen LogP contribution is -2.44. The van der Waals surface area contributed by atoms with Crippen LogP contribution in [0.4, 0.5) is 10.5 Å². The van der Waals surface area contributed by atoms with Gasteiger partial charge in [0, 0.05) is 20.1 Å². The monoisotopic (exact) mass is 522 g/mol. The second kappa shape index (κ2) is 12.4. The van der Waals surface area contributed by atoms with E-state index < -0.39 is 6.03 Å². The fourth-order valence-corrected chi connectivity index (χ4v) is 4.77. The van der Waals surface area contributed by atoms with E-state index in [-0.39, 0.29) is 31.6 Å². The first kappa shape index (κ1) is 26.2. The fourth-order valence-electron chi connectivity index (χ4n) is 4.05. The molecule has 1 N–H and O–H groups in total. The van der Waals surface area contributed by atoms with Crippen molar-refractivity contribution < 1.29 is 23.8 Å². The molecule has 4 rings (SSSR count). The van der Waals surface area contributed by atoms with Crippen LogP contribution >= 0.6 is 11.3 Å². The molecule has 0 fully saturated rings. The molecule has 1 aliphatic rings. The zero-order valence-electron chi connectivity index (χ0n) is 21.0. The maximum atomic E-state index is 13.6. The molecule has 0 bridgehead atoms. The minimum Gasteiger partial charge on any atom is -0.497 e. The highest BCUT2D eigenvalue weighted by Crippen LogP contribution is 2.34. The maximum Gasteiger partial charge on any atom is 0.322 e. The highest BCUT2D eigenvalue weighted by Gasteiger charge is 2.34. The third kappa shape index (κ3) is 6.28. The Balaban J connectivity index is 1.56. The van der Waals surface area contributed by atoms with Crippen LogP contribution in [0.2, 0.25) is 0 Å². The summed E-state index contributed by atoms with van der Waals surface area (Å²) < 4.78 is 15.8. The molecule has 1 aromatic heterocycles. The molecular weight excluding hydrogens is 492 g/mol. The van der Waals surface area contributed by atoms with Crippen LogP contribution in [0.3, 0.4) is 0 Å². The van der Waals surface area contributed by atoms with Gasteiger partial charge in [0.15, 0.2) is 0 Å². The van der Waals surface area contributed by atoms with Crippen LogP contribution in [0, 0.1) is 0 Å². The number of urea groups is 1. The number of carbonyl (C=O) groups is 2. The molecule has 1 unspecified atom stereocenters. The minimum atomic E-state index is -0.433. The van der Waals surface area contributed by atoms with E-state index in [9.17, 15) is 9.59 Å². The first-order valence-corrected chi connectivity index (χ1v) is 12.7. The number of rotatable bonds is 10. The largest absolute Gasteiger partial charge is 0.497 e. The molecule has 3 amide bonds. The molecule has 9 nitrogen and oxygen atoms in total. The number of thiophene rings is 1. The molecule has 10 heteroatoms. The van der Waals surface area contributed by atoms with Gasteiger partial charge >= 0.3 is 6.03 Å². The van der Waals surface area contributed by atoms with E-state index in [1.54, 1.807) is 43.8 Å². The van der Waals surface area contributed by atoms with E-state index in [0.29, 0.717) is 17.9 Å². The van der Waals surface area contributed by atoms with Crippen molar-refractivity contribution >= 4 is 34.7 Å². The van der Waals surface area contributed by atoms with Crippen molar-refractivity contribution in [1.29, 1.82) is 0 Å². The molecule has 0 aliphatic carbocycles. The molecule has 0 saturated heterocycles. The number of benzene rings is 2. The number of hydrogen-bond donors (Lipinski definition) is 1. The summed E-state index contributed by atoms with van der Waals surface area (Å²) in [4.78, 5) is 29.3. The van der Waals surface area contributed by atoms with E-state index in [0.717, 1.165) is 21.9 Å². The summed E-state index contributed by atoms with van der Waals surface area (Å²) in [5.74, 6) is 0.967. The molecule has 3 aromatic rings. The number of anilines is 1. The fraction of sp³-hybridized carbons (Fsp3) is 0.296. The highest BCUT2D eigenvalue weighted by molar-refractivity contribution is 7.12. The van der Waals surface area contributed by atoms with Gasteiger partial charge in [-0.1, -0.05) is 30.3 Å². The first-order chi connectivity index (χ1) is 18.0. The van der Waals surface area contributed by atoms with Gasteiger partial charge in [-0.2, -0.15) is 5.10 Å². The Labute approximate surface area is 220 Å². The lowest BCUT2D eigenvalue weighted by Gasteiger charge is -2.27.